The van der Waals surface area contributed by atoms with Gasteiger partial charge in [-0.2, -0.15) is 0 Å². The number of benzene rings is 3. The molecule has 0 aliphatic carbocycles. The Morgan fingerprint density at radius 3 is 2.59 bits per heavy atom. The first-order valence-corrected chi connectivity index (χ1v) is 12.8. The van der Waals surface area contributed by atoms with E-state index in [9.17, 15) is 19.8 Å². The molecule has 7 nitrogen and oxygen atoms in total. The normalized spacial score (nSPS) is 20.5. The van der Waals surface area contributed by atoms with Crippen LogP contribution in [0.15, 0.2) is 60.2 Å². The number of phenolic OH excluding ortho intramolecular Hbond substituents is 1. The molecule has 0 unspecified atom stereocenters. The lowest BCUT2D eigenvalue weighted by molar-refractivity contribution is -0.132. The number of hydrogen-bond donors (Lipinski definition) is 2. The Bertz CT molecular complexity index is 1640. The lowest BCUT2D eigenvalue weighted by atomic mass is 9.94. The molecule has 0 radical (unpaired) electrons. The lowest BCUT2D eigenvalue weighted by Gasteiger charge is -2.23. The van der Waals surface area contributed by atoms with Crippen molar-refractivity contribution >= 4 is 44.1 Å². The second kappa shape index (κ2) is 8.45. The Morgan fingerprint density at radius 2 is 1.84 bits per heavy atom. The molecule has 8 heteroatoms. The summed E-state index contributed by atoms with van der Waals surface area (Å²) in [5.74, 6) is -0.993. The third-order valence-electron chi connectivity index (χ3n) is 6.85. The Balaban J connectivity index is 1.54. The molecular weight excluding hydrogens is 488 g/mol. The van der Waals surface area contributed by atoms with Gasteiger partial charge in [0.05, 0.1) is 21.8 Å². The third kappa shape index (κ3) is 3.76. The van der Waals surface area contributed by atoms with Crippen molar-refractivity contribution in [2.45, 2.75) is 39.3 Å². The van der Waals surface area contributed by atoms with E-state index >= 15 is 0 Å². The topological polar surface area (TPSA) is 100.0 Å². The Kier molecular flexibility index (Phi) is 5.31. The molecule has 2 aliphatic rings. The number of amides is 1. The summed E-state index contributed by atoms with van der Waals surface area (Å²) < 4.78 is 6.68. The van der Waals surface area contributed by atoms with E-state index in [2.05, 4.69) is 0 Å². The first kappa shape index (κ1) is 23.2. The number of nitrogens with zero attached hydrogens (tertiary/aromatic N) is 2. The number of aromatic nitrogens is 1. The summed E-state index contributed by atoms with van der Waals surface area (Å²) in [6, 6.07) is 14.7. The molecule has 1 saturated heterocycles. The van der Waals surface area contributed by atoms with Crippen LogP contribution in [0.4, 0.5) is 5.13 Å². The zero-order chi connectivity index (χ0) is 26.0. The second-order valence-corrected chi connectivity index (χ2v) is 10.6. The van der Waals surface area contributed by atoms with E-state index in [4.69, 9.17) is 9.72 Å². The van der Waals surface area contributed by atoms with Gasteiger partial charge >= 0.3 is 5.91 Å². The highest BCUT2D eigenvalue weighted by Crippen LogP contribution is 2.45. The molecule has 3 heterocycles. The van der Waals surface area contributed by atoms with Gasteiger partial charge in [-0.25, -0.2) is 4.98 Å². The molecule has 1 amide bonds. The fourth-order valence-corrected chi connectivity index (χ4v) is 6.36. The molecule has 2 aliphatic heterocycles. The van der Waals surface area contributed by atoms with E-state index in [1.807, 2.05) is 32.9 Å². The van der Waals surface area contributed by atoms with E-state index in [0.717, 1.165) is 32.7 Å². The van der Waals surface area contributed by atoms with Crippen LogP contribution < -0.4 is 9.64 Å². The largest absolute Gasteiger partial charge is 0.508 e. The van der Waals surface area contributed by atoms with Gasteiger partial charge in [0.1, 0.15) is 23.4 Å². The van der Waals surface area contributed by atoms with Crippen LogP contribution in [-0.4, -0.2) is 33.0 Å². The number of carbonyl (C=O) groups excluding carboxylic acids is 2. The number of Topliss-reactive ketones (excluding diaryl/α,β-unsaturated/α-hetero) is 1. The number of aryl methyl sites for hydroxylation is 2. The number of carbonyl (C=O) groups is 2. The van der Waals surface area contributed by atoms with Crippen molar-refractivity contribution in [3.8, 4) is 11.5 Å². The summed E-state index contributed by atoms with van der Waals surface area (Å²) in [6.45, 7) is 5.93. The van der Waals surface area contributed by atoms with Gasteiger partial charge in [-0.15, -0.1) is 0 Å². The van der Waals surface area contributed by atoms with Crippen molar-refractivity contribution in [3.63, 3.8) is 0 Å². The molecule has 0 spiro atoms. The van der Waals surface area contributed by atoms with Crippen LogP contribution in [-0.2, 0) is 16.0 Å². The first-order valence-electron chi connectivity index (χ1n) is 12.0. The van der Waals surface area contributed by atoms with E-state index in [1.165, 1.54) is 28.4 Å². The molecule has 1 fully saturated rings. The number of phenols is 1. The lowest BCUT2D eigenvalue weighted by Crippen LogP contribution is -2.29. The Morgan fingerprint density at radius 1 is 1.08 bits per heavy atom. The molecule has 2 atom stereocenters. The smallest absolute Gasteiger partial charge is 0.301 e. The molecule has 37 heavy (non-hydrogen) atoms. The summed E-state index contributed by atoms with van der Waals surface area (Å²) in [5, 5.41) is 21.7. The molecular formula is C29H24N2O5S. The highest BCUT2D eigenvalue weighted by molar-refractivity contribution is 7.22. The molecule has 3 aromatic carbocycles. The first-order chi connectivity index (χ1) is 17.7. The maximum atomic E-state index is 13.5. The second-order valence-electron chi connectivity index (χ2n) is 9.64. The van der Waals surface area contributed by atoms with Crippen LogP contribution in [0.5, 0.6) is 11.5 Å². The Hall–Kier alpha value is -4.17. The van der Waals surface area contributed by atoms with E-state index in [0.29, 0.717) is 22.7 Å². The van der Waals surface area contributed by atoms with Gasteiger partial charge < -0.3 is 14.9 Å². The number of aromatic hydroxyl groups is 1. The van der Waals surface area contributed by atoms with Crippen LogP contribution in [0.2, 0.25) is 0 Å². The maximum Gasteiger partial charge on any atom is 0.301 e. The van der Waals surface area contributed by atoms with E-state index in [1.54, 1.807) is 30.3 Å². The number of hydrogen-bond acceptors (Lipinski definition) is 7. The number of rotatable bonds is 3. The molecule has 4 aromatic rings. The van der Waals surface area contributed by atoms with Crippen LogP contribution >= 0.6 is 11.3 Å². The van der Waals surface area contributed by atoms with Crippen LogP contribution in [0.25, 0.3) is 16.0 Å². The minimum absolute atomic E-state index is 0.0187. The van der Waals surface area contributed by atoms with Crippen molar-refractivity contribution in [3.05, 3.63) is 88.0 Å². The number of ketones is 1. The summed E-state index contributed by atoms with van der Waals surface area (Å²) in [4.78, 5) is 33.1. The molecule has 186 valence electrons. The van der Waals surface area contributed by atoms with Crippen LogP contribution in [0, 0.1) is 13.8 Å². The summed E-state index contributed by atoms with van der Waals surface area (Å²) in [5.41, 5.74) is 4.75. The number of thiazole rings is 1. The molecule has 0 bridgehead atoms. The van der Waals surface area contributed by atoms with Gasteiger partial charge in [0, 0.05) is 12.0 Å². The van der Waals surface area contributed by atoms with Gasteiger partial charge in [0.25, 0.3) is 5.78 Å². The summed E-state index contributed by atoms with van der Waals surface area (Å²) in [6.07, 6.45) is 0.720. The van der Waals surface area contributed by atoms with Crippen molar-refractivity contribution in [1.29, 1.82) is 0 Å². The predicted molar refractivity (Wildman–Crippen MR) is 142 cm³/mol. The van der Waals surface area contributed by atoms with Gasteiger partial charge in [-0.3, -0.25) is 14.5 Å². The standard InChI is InChI=1S/C29H24N2O5S/c1-14-10-15(2)24-22(11-14)37-29(30-24)31-25(17-4-7-20(32)8-5-17)23(27(34)28(31)35)26(33)18-6-9-21-19(13-18)12-16(3)36-21/h4-11,13,16,25,32-33H,12H2,1-3H3/b26-23+/t16-,25-/m0/s1. The van der Waals surface area contributed by atoms with E-state index in [-0.39, 0.29) is 23.2 Å². The van der Waals surface area contributed by atoms with Gasteiger partial charge in [0.15, 0.2) is 5.13 Å². The third-order valence-corrected chi connectivity index (χ3v) is 7.85. The average Bonchev–Trinajstić information content (AvgIpc) is 3.52. The summed E-state index contributed by atoms with van der Waals surface area (Å²) >= 11 is 1.33. The molecule has 0 saturated carbocycles. The van der Waals surface area contributed by atoms with Gasteiger partial charge in [-0.05, 0) is 79.4 Å². The Labute approximate surface area is 217 Å². The highest BCUT2D eigenvalue weighted by Gasteiger charge is 2.48. The maximum absolute atomic E-state index is 13.5. The van der Waals surface area contributed by atoms with E-state index < -0.39 is 17.7 Å². The SMILES string of the molecule is Cc1cc(C)c2nc(N3C(=O)C(=O)/C(=C(/O)c4ccc5c(c4)C[C@H](C)O5)[C@@H]3c3ccc(O)cc3)sc2c1. The molecule has 2 N–H and O–H groups in total. The van der Waals surface area contributed by atoms with Crippen molar-refractivity contribution in [1.82, 2.24) is 4.98 Å². The van der Waals surface area contributed by atoms with Crippen molar-refractivity contribution in [2.75, 3.05) is 4.90 Å². The fourth-order valence-electron chi connectivity index (χ4n) is 5.19. The minimum Gasteiger partial charge on any atom is -0.508 e. The average molecular weight is 513 g/mol. The van der Waals surface area contributed by atoms with Gasteiger partial charge in [-0.1, -0.05) is 29.5 Å². The number of aliphatic hydroxyl groups excluding tert-OH is 1. The zero-order valence-electron chi connectivity index (χ0n) is 20.5. The number of ether oxygens (including phenoxy) is 1. The quantitative estimate of drug-likeness (QED) is 0.212. The number of anilines is 1. The fraction of sp³-hybridized carbons (Fsp3) is 0.207. The van der Waals surface area contributed by atoms with Crippen molar-refractivity contribution < 1.29 is 24.5 Å². The monoisotopic (exact) mass is 512 g/mol. The van der Waals surface area contributed by atoms with Gasteiger partial charge in [0.2, 0.25) is 0 Å². The number of aliphatic hydroxyl groups is 1. The summed E-state index contributed by atoms with van der Waals surface area (Å²) in [7, 11) is 0. The zero-order valence-corrected chi connectivity index (χ0v) is 21.3. The predicted octanol–water partition coefficient (Wildman–Crippen LogP) is 5.57. The van der Waals surface area contributed by atoms with Crippen LogP contribution in [0.3, 0.4) is 0 Å². The van der Waals surface area contributed by atoms with Crippen molar-refractivity contribution in [2.24, 2.45) is 0 Å². The number of fused-ring (bicyclic) bond motifs is 2. The van der Waals surface area contributed by atoms with Crippen LogP contribution in [0.1, 0.15) is 40.8 Å². The molecule has 6 rings (SSSR count). The molecule has 1 aromatic heterocycles. The minimum atomic E-state index is -0.911. The highest BCUT2D eigenvalue weighted by atomic mass is 32.1.